The number of hydrogen-bond donors (Lipinski definition) is 1. The van der Waals surface area contributed by atoms with E-state index in [2.05, 4.69) is 10.3 Å². The van der Waals surface area contributed by atoms with E-state index in [9.17, 15) is 9.18 Å². The molecule has 0 radical (unpaired) electrons. The molecule has 4 rings (SSSR count). The van der Waals surface area contributed by atoms with E-state index in [-0.39, 0.29) is 18.1 Å². The maximum absolute atomic E-state index is 13.0. The Morgan fingerprint density at radius 2 is 1.93 bits per heavy atom. The summed E-state index contributed by atoms with van der Waals surface area (Å²) in [4.78, 5) is 16.7. The van der Waals surface area contributed by atoms with Crippen molar-refractivity contribution in [2.45, 2.75) is 13.0 Å². The lowest BCUT2D eigenvalue weighted by atomic mass is 10.2. The molecule has 0 saturated carbocycles. The molecular weight excluding hydrogens is 383 g/mol. The van der Waals surface area contributed by atoms with Gasteiger partial charge >= 0.3 is 0 Å². The van der Waals surface area contributed by atoms with Crippen LogP contribution < -0.4 is 5.32 Å². The molecule has 0 unspecified atom stereocenters. The Morgan fingerprint density at radius 3 is 2.70 bits per heavy atom. The van der Waals surface area contributed by atoms with Crippen molar-refractivity contribution in [3.63, 3.8) is 0 Å². The molecule has 1 amide bonds. The summed E-state index contributed by atoms with van der Waals surface area (Å²) in [5, 5.41) is 9.72. The highest BCUT2D eigenvalue weighted by Gasteiger charge is 2.11. The highest BCUT2D eigenvalue weighted by Crippen LogP contribution is 2.26. The fourth-order valence-corrected chi connectivity index (χ4v) is 4.09. The van der Waals surface area contributed by atoms with Crippen LogP contribution in [0.15, 0.2) is 63.0 Å². The Bertz CT molecular complexity index is 1040. The topological polar surface area (TPSA) is 55.1 Å². The normalized spacial score (nSPS) is 10.9. The van der Waals surface area contributed by atoms with Crippen LogP contribution in [0.25, 0.3) is 21.9 Å². The van der Waals surface area contributed by atoms with Gasteiger partial charge in [0.15, 0.2) is 0 Å². The number of thiophene rings is 1. The van der Waals surface area contributed by atoms with Crippen molar-refractivity contribution < 1.29 is 13.6 Å². The number of aromatic nitrogens is 1. The fourth-order valence-electron chi connectivity index (χ4n) is 2.56. The highest BCUT2D eigenvalue weighted by molar-refractivity contribution is 7.14. The van der Waals surface area contributed by atoms with Gasteiger partial charge in [-0.3, -0.25) is 4.79 Å². The molecule has 136 valence electrons. The molecule has 0 aliphatic heterocycles. The number of nitrogens with one attached hydrogen (secondary N) is 1. The number of benzene rings is 1. The summed E-state index contributed by atoms with van der Waals surface area (Å²) in [6, 6.07) is 11.7. The predicted octanol–water partition coefficient (Wildman–Crippen LogP) is 5.13. The van der Waals surface area contributed by atoms with Crippen LogP contribution in [-0.4, -0.2) is 10.9 Å². The van der Waals surface area contributed by atoms with E-state index in [4.69, 9.17) is 4.42 Å². The summed E-state index contributed by atoms with van der Waals surface area (Å²) >= 11 is 3.16. The van der Waals surface area contributed by atoms with Crippen LogP contribution in [0, 0.1) is 5.82 Å². The second-order valence-electron chi connectivity index (χ2n) is 5.88. The van der Waals surface area contributed by atoms with E-state index in [0.29, 0.717) is 18.1 Å². The minimum Gasteiger partial charge on any atom is -0.459 e. The van der Waals surface area contributed by atoms with Gasteiger partial charge in [-0.1, -0.05) is 0 Å². The Labute approximate surface area is 163 Å². The molecule has 0 bridgehead atoms. The Morgan fingerprint density at radius 1 is 1.07 bits per heavy atom. The van der Waals surface area contributed by atoms with Crippen molar-refractivity contribution >= 4 is 28.6 Å². The SMILES string of the molecule is O=C(Cc1csc(-c2ccsc2)n1)NCc1ccc(-c2ccc(F)cc2)o1. The molecular formula is C20H15FN2O2S2. The Hall–Kier alpha value is -2.77. The summed E-state index contributed by atoms with van der Waals surface area (Å²) in [5.74, 6) is 0.873. The number of rotatable bonds is 6. The fraction of sp³-hybridized carbons (Fsp3) is 0.100. The predicted molar refractivity (Wildman–Crippen MR) is 105 cm³/mol. The monoisotopic (exact) mass is 398 g/mol. The van der Waals surface area contributed by atoms with E-state index in [1.165, 1.54) is 23.5 Å². The standard InChI is InChI=1S/C20H15FN2O2S2/c21-15-3-1-13(2-4-15)18-6-5-17(25-18)10-22-19(24)9-16-12-27-20(23-16)14-7-8-26-11-14/h1-8,11-12H,9-10H2,(H,22,24). The quantitative estimate of drug-likeness (QED) is 0.490. The van der Waals surface area contributed by atoms with Gasteiger partial charge in [0.25, 0.3) is 0 Å². The van der Waals surface area contributed by atoms with Crippen LogP contribution in [-0.2, 0) is 17.8 Å². The van der Waals surface area contributed by atoms with Crippen LogP contribution in [0.5, 0.6) is 0 Å². The first-order valence-corrected chi connectivity index (χ1v) is 10.1. The molecule has 0 spiro atoms. The number of thiazole rings is 1. The van der Waals surface area contributed by atoms with Crippen LogP contribution >= 0.6 is 22.7 Å². The van der Waals surface area contributed by atoms with Gasteiger partial charge in [0.2, 0.25) is 5.91 Å². The van der Waals surface area contributed by atoms with Gasteiger partial charge in [-0.15, -0.1) is 11.3 Å². The molecule has 0 aliphatic rings. The van der Waals surface area contributed by atoms with Gasteiger partial charge in [0.05, 0.1) is 18.7 Å². The second kappa shape index (κ2) is 7.85. The number of carbonyl (C=O) groups is 1. The van der Waals surface area contributed by atoms with Gasteiger partial charge < -0.3 is 9.73 Å². The van der Waals surface area contributed by atoms with Crippen molar-refractivity contribution in [3.05, 3.63) is 75.9 Å². The molecule has 1 aromatic carbocycles. The van der Waals surface area contributed by atoms with Crippen molar-refractivity contribution in [1.82, 2.24) is 10.3 Å². The van der Waals surface area contributed by atoms with Crippen molar-refractivity contribution in [2.24, 2.45) is 0 Å². The molecule has 0 saturated heterocycles. The lowest BCUT2D eigenvalue weighted by Gasteiger charge is -2.02. The third-order valence-corrected chi connectivity index (χ3v) is 5.54. The maximum atomic E-state index is 13.0. The molecule has 7 heteroatoms. The minimum atomic E-state index is -0.290. The van der Waals surface area contributed by atoms with Gasteiger partial charge in [0, 0.05) is 21.9 Å². The van der Waals surface area contributed by atoms with Gasteiger partial charge in [-0.05, 0) is 47.8 Å². The third kappa shape index (κ3) is 4.32. The highest BCUT2D eigenvalue weighted by atomic mass is 32.1. The molecule has 1 N–H and O–H groups in total. The number of nitrogens with zero attached hydrogens (tertiary/aromatic N) is 1. The summed E-state index contributed by atoms with van der Waals surface area (Å²) in [6.45, 7) is 0.293. The smallest absolute Gasteiger partial charge is 0.226 e. The van der Waals surface area contributed by atoms with Crippen LogP contribution in [0.2, 0.25) is 0 Å². The molecule has 0 aliphatic carbocycles. The lowest BCUT2D eigenvalue weighted by Crippen LogP contribution is -2.24. The van der Waals surface area contributed by atoms with Crippen molar-refractivity contribution in [1.29, 1.82) is 0 Å². The molecule has 27 heavy (non-hydrogen) atoms. The molecule has 4 nitrogen and oxygen atoms in total. The summed E-state index contributed by atoms with van der Waals surface area (Å²) < 4.78 is 18.7. The van der Waals surface area contributed by atoms with Crippen molar-refractivity contribution in [2.75, 3.05) is 0 Å². The summed E-state index contributed by atoms with van der Waals surface area (Å²) in [5.41, 5.74) is 2.63. The van der Waals surface area contributed by atoms with E-state index in [1.807, 2.05) is 28.3 Å². The van der Waals surface area contributed by atoms with Crippen LogP contribution in [0.3, 0.4) is 0 Å². The van der Waals surface area contributed by atoms with E-state index < -0.39 is 0 Å². The van der Waals surface area contributed by atoms with Gasteiger partial charge in [-0.2, -0.15) is 11.3 Å². The van der Waals surface area contributed by atoms with E-state index in [0.717, 1.165) is 21.8 Å². The number of amides is 1. The lowest BCUT2D eigenvalue weighted by molar-refractivity contribution is -0.120. The maximum Gasteiger partial charge on any atom is 0.226 e. The Balaban J connectivity index is 1.32. The van der Waals surface area contributed by atoms with E-state index in [1.54, 1.807) is 29.5 Å². The number of halogens is 1. The van der Waals surface area contributed by atoms with E-state index >= 15 is 0 Å². The van der Waals surface area contributed by atoms with Crippen molar-refractivity contribution in [3.8, 4) is 21.9 Å². The first kappa shape index (κ1) is 17.6. The zero-order valence-electron chi connectivity index (χ0n) is 14.1. The molecule has 0 atom stereocenters. The number of furan rings is 1. The zero-order valence-corrected chi connectivity index (χ0v) is 15.8. The molecule has 0 fully saturated rings. The minimum absolute atomic E-state index is 0.114. The van der Waals surface area contributed by atoms with Gasteiger partial charge in [0.1, 0.15) is 22.3 Å². The molecule has 3 aromatic heterocycles. The van der Waals surface area contributed by atoms with Crippen LogP contribution in [0.1, 0.15) is 11.5 Å². The average Bonchev–Trinajstić information content (AvgIpc) is 3.42. The average molecular weight is 398 g/mol. The van der Waals surface area contributed by atoms with Gasteiger partial charge in [-0.25, -0.2) is 9.37 Å². The summed E-state index contributed by atoms with van der Waals surface area (Å²) in [7, 11) is 0. The zero-order chi connectivity index (χ0) is 18.6. The second-order valence-corrected chi connectivity index (χ2v) is 7.52. The summed E-state index contributed by atoms with van der Waals surface area (Å²) in [6.07, 6.45) is 0.228. The number of hydrogen-bond acceptors (Lipinski definition) is 5. The Kier molecular flexibility index (Phi) is 5.13. The van der Waals surface area contributed by atoms with Crippen LogP contribution in [0.4, 0.5) is 4.39 Å². The third-order valence-electron chi connectivity index (χ3n) is 3.91. The molecule has 3 heterocycles. The molecule has 4 aromatic rings. The number of carbonyl (C=O) groups excluding carboxylic acids is 1. The largest absolute Gasteiger partial charge is 0.459 e. The first-order valence-electron chi connectivity index (χ1n) is 8.26. The first-order chi connectivity index (χ1) is 13.2.